The zero-order valence-corrected chi connectivity index (χ0v) is 15.0. The van der Waals surface area contributed by atoms with E-state index < -0.39 is 6.04 Å². The summed E-state index contributed by atoms with van der Waals surface area (Å²) in [6.45, 7) is 5.68. The van der Waals surface area contributed by atoms with Gasteiger partial charge in [-0.1, -0.05) is 32.0 Å². The Morgan fingerprint density at radius 3 is 2.62 bits per heavy atom. The molecule has 3 aromatic rings. The van der Waals surface area contributed by atoms with Gasteiger partial charge in [0.2, 0.25) is 5.91 Å². The van der Waals surface area contributed by atoms with Gasteiger partial charge in [-0.2, -0.15) is 5.10 Å². The van der Waals surface area contributed by atoms with Crippen molar-refractivity contribution in [2.75, 3.05) is 5.32 Å². The first-order chi connectivity index (χ1) is 12.5. The van der Waals surface area contributed by atoms with Crippen LogP contribution in [0.4, 0.5) is 5.69 Å². The Hall–Kier alpha value is -3.15. The molecule has 0 fully saturated rings. The number of aromatic nitrogens is 2. The third-order valence-corrected chi connectivity index (χ3v) is 4.33. The van der Waals surface area contributed by atoms with Gasteiger partial charge in [0, 0.05) is 16.6 Å². The summed E-state index contributed by atoms with van der Waals surface area (Å²) < 4.78 is 0. The number of fused-ring (bicyclic) bond motifs is 1. The third kappa shape index (κ3) is 3.74. The number of rotatable bonds is 5. The second kappa shape index (κ2) is 7.39. The van der Waals surface area contributed by atoms with Crippen LogP contribution in [0, 0.1) is 12.8 Å². The number of aromatic amines is 1. The molecule has 0 radical (unpaired) electrons. The van der Waals surface area contributed by atoms with Gasteiger partial charge in [-0.25, -0.2) is 0 Å². The average molecular weight is 350 g/mol. The van der Waals surface area contributed by atoms with Crippen LogP contribution in [0.5, 0.6) is 0 Å². The van der Waals surface area contributed by atoms with Crippen LogP contribution < -0.4 is 10.6 Å². The number of benzene rings is 2. The average Bonchev–Trinajstić information content (AvgIpc) is 3.07. The molecule has 1 aromatic heterocycles. The number of H-pyrrole nitrogens is 1. The van der Waals surface area contributed by atoms with E-state index in [2.05, 4.69) is 20.8 Å². The summed E-state index contributed by atoms with van der Waals surface area (Å²) in [6, 6.07) is 12.2. The minimum atomic E-state index is -0.637. The first-order valence-corrected chi connectivity index (χ1v) is 8.56. The maximum atomic E-state index is 12.7. The van der Waals surface area contributed by atoms with Gasteiger partial charge in [0.1, 0.15) is 6.04 Å². The minimum Gasteiger partial charge on any atom is -0.340 e. The van der Waals surface area contributed by atoms with E-state index in [4.69, 9.17) is 0 Å². The lowest BCUT2D eigenvalue weighted by molar-refractivity contribution is -0.118. The largest absolute Gasteiger partial charge is 0.340 e. The number of amides is 2. The van der Waals surface area contributed by atoms with Crippen molar-refractivity contribution in [3.8, 4) is 0 Å². The Balaban J connectivity index is 1.75. The van der Waals surface area contributed by atoms with Crippen molar-refractivity contribution < 1.29 is 9.59 Å². The Morgan fingerprint density at radius 2 is 1.88 bits per heavy atom. The van der Waals surface area contributed by atoms with Crippen molar-refractivity contribution in [1.29, 1.82) is 0 Å². The smallest absolute Gasteiger partial charge is 0.252 e. The molecular formula is C20H22N4O2. The fraction of sp³-hybridized carbons (Fsp3) is 0.250. The van der Waals surface area contributed by atoms with Crippen LogP contribution in [0.1, 0.15) is 29.8 Å². The Kier molecular flexibility index (Phi) is 5.02. The molecular weight excluding hydrogens is 328 g/mol. The number of nitrogens with zero attached hydrogens (tertiary/aromatic N) is 1. The van der Waals surface area contributed by atoms with Crippen LogP contribution in [-0.2, 0) is 4.79 Å². The summed E-state index contributed by atoms with van der Waals surface area (Å²) in [5.74, 6) is -0.548. The molecule has 3 N–H and O–H groups in total. The van der Waals surface area contributed by atoms with Gasteiger partial charge in [0.15, 0.2) is 0 Å². The lowest BCUT2D eigenvalue weighted by Gasteiger charge is -2.22. The van der Waals surface area contributed by atoms with Crippen LogP contribution in [0.25, 0.3) is 10.9 Å². The van der Waals surface area contributed by atoms with E-state index in [1.165, 1.54) is 0 Å². The topological polar surface area (TPSA) is 86.9 Å². The van der Waals surface area contributed by atoms with Crippen LogP contribution >= 0.6 is 0 Å². The first kappa shape index (κ1) is 17.7. The second-order valence-electron chi connectivity index (χ2n) is 6.67. The van der Waals surface area contributed by atoms with Gasteiger partial charge in [-0.15, -0.1) is 0 Å². The molecule has 1 heterocycles. The molecule has 0 bridgehead atoms. The molecule has 3 rings (SSSR count). The molecule has 1 atom stereocenters. The van der Waals surface area contributed by atoms with Gasteiger partial charge in [-0.05, 0) is 42.7 Å². The molecule has 0 aliphatic heterocycles. The van der Waals surface area contributed by atoms with Gasteiger partial charge in [0.25, 0.3) is 5.91 Å². The predicted molar refractivity (Wildman–Crippen MR) is 102 cm³/mol. The molecule has 6 nitrogen and oxygen atoms in total. The molecule has 0 saturated heterocycles. The van der Waals surface area contributed by atoms with E-state index in [1.807, 2.05) is 51.1 Å². The SMILES string of the molecule is Cc1ccccc1C(=O)NC(C(=O)Nc1ccc2[nH]ncc2c1)C(C)C. The van der Waals surface area contributed by atoms with Gasteiger partial charge < -0.3 is 10.6 Å². The van der Waals surface area contributed by atoms with E-state index in [-0.39, 0.29) is 17.7 Å². The maximum absolute atomic E-state index is 12.7. The van der Waals surface area contributed by atoms with Gasteiger partial charge in [-0.3, -0.25) is 14.7 Å². The molecule has 134 valence electrons. The van der Waals surface area contributed by atoms with Crippen molar-refractivity contribution in [1.82, 2.24) is 15.5 Å². The van der Waals surface area contributed by atoms with E-state index in [1.54, 1.807) is 18.3 Å². The third-order valence-electron chi connectivity index (χ3n) is 4.33. The molecule has 0 spiro atoms. The highest BCUT2D eigenvalue weighted by molar-refractivity contribution is 6.02. The quantitative estimate of drug-likeness (QED) is 0.660. The number of hydrogen-bond acceptors (Lipinski definition) is 3. The minimum absolute atomic E-state index is 0.0550. The van der Waals surface area contributed by atoms with Crippen molar-refractivity contribution in [3.63, 3.8) is 0 Å². The monoisotopic (exact) mass is 350 g/mol. The summed E-state index contributed by atoms with van der Waals surface area (Å²) >= 11 is 0. The van der Waals surface area contributed by atoms with E-state index in [0.717, 1.165) is 16.5 Å². The van der Waals surface area contributed by atoms with Crippen molar-refractivity contribution in [2.24, 2.45) is 5.92 Å². The van der Waals surface area contributed by atoms with Crippen molar-refractivity contribution >= 4 is 28.4 Å². The standard InChI is InChI=1S/C20H22N4O2/c1-12(2)18(23-19(25)16-7-5-4-6-13(16)3)20(26)22-15-8-9-17-14(10-15)11-21-24-17/h4-12,18H,1-3H3,(H,21,24)(H,22,26)(H,23,25). The van der Waals surface area contributed by atoms with Crippen molar-refractivity contribution in [3.05, 3.63) is 59.8 Å². The summed E-state index contributed by atoms with van der Waals surface area (Å²) in [4.78, 5) is 25.3. The van der Waals surface area contributed by atoms with Crippen LogP contribution in [0.15, 0.2) is 48.7 Å². The molecule has 2 aromatic carbocycles. The molecule has 6 heteroatoms. The molecule has 0 aliphatic carbocycles. The van der Waals surface area contributed by atoms with Crippen molar-refractivity contribution in [2.45, 2.75) is 26.8 Å². The number of nitrogens with one attached hydrogen (secondary N) is 3. The van der Waals surface area contributed by atoms with Crippen LogP contribution in [0.2, 0.25) is 0 Å². The van der Waals surface area contributed by atoms with Gasteiger partial charge in [0.05, 0.1) is 11.7 Å². The predicted octanol–water partition coefficient (Wildman–Crippen LogP) is 3.26. The fourth-order valence-electron chi connectivity index (χ4n) is 2.82. The highest BCUT2D eigenvalue weighted by atomic mass is 16.2. The zero-order valence-electron chi connectivity index (χ0n) is 15.0. The summed E-state index contributed by atoms with van der Waals surface area (Å²) in [6.07, 6.45) is 1.70. The fourth-order valence-corrected chi connectivity index (χ4v) is 2.82. The molecule has 0 aliphatic rings. The molecule has 26 heavy (non-hydrogen) atoms. The van der Waals surface area contributed by atoms with Crippen LogP contribution in [-0.4, -0.2) is 28.1 Å². The lowest BCUT2D eigenvalue weighted by Crippen LogP contribution is -2.47. The van der Waals surface area contributed by atoms with Crippen LogP contribution in [0.3, 0.4) is 0 Å². The molecule has 2 amide bonds. The highest BCUT2D eigenvalue weighted by Gasteiger charge is 2.25. The summed E-state index contributed by atoms with van der Waals surface area (Å²) in [5.41, 5.74) is 3.01. The second-order valence-corrected chi connectivity index (χ2v) is 6.67. The molecule has 1 unspecified atom stereocenters. The zero-order chi connectivity index (χ0) is 18.7. The highest BCUT2D eigenvalue weighted by Crippen LogP contribution is 2.18. The number of anilines is 1. The normalized spacial score (nSPS) is 12.2. The maximum Gasteiger partial charge on any atom is 0.252 e. The number of aryl methyl sites for hydroxylation is 1. The number of carbonyl (C=O) groups is 2. The van der Waals surface area contributed by atoms with E-state index in [9.17, 15) is 9.59 Å². The van der Waals surface area contributed by atoms with E-state index in [0.29, 0.717) is 11.3 Å². The Bertz CT molecular complexity index is 946. The lowest BCUT2D eigenvalue weighted by atomic mass is 10.0. The Labute approximate surface area is 152 Å². The Morgan fingerprint density at radius 1 is 1.12 bits per heavy atom. The number of hydrogen-bond donors (Lipinski definition) is 3. The summed E-state index contributed by atoms with van der Waals surface area (Å²) in [5, 5.41) is 13.5. The summed E-state index contributed by atoms with van der Waals surface area (Å²) in [7, 11) is 0. The molecule has 0 saturated carbocycles. The number of carbonyl (C=O) groups excluding carboxylic acids is 2. The van der Waals surface area contributed by atoms with Gasteiger partial charge >= 0.3 is 0 Å². The van der Waals surface area contributed by atoms with E-state index >= 15 is 0 Å². The first-order valence-electron chi connectivity index (χ1n) is 8.56.